The first-order valence-electron chi connectivity index (χ1n) is 8.16. The normalized spacial score (nSPS) is 17.3. The molecule has 3 aromatic heterocycles. The van der Waals surface area contributed by atoms with E-state index in [2.05, 4.69) is 30.2 Å². The van der Waals surface area contributed by atoms with Crippen LogP contribution in [0.25, 0.3) is 0 Å². The van der Waals surface area contributed by atoms with Crippen LogP contribution in [0.3, 0.4) is 0 Å². The van der Waals surface area contributed by atoms with Gasteiger partial charge in [0.2, 0.25) is 5.95 Å². The molecule has 3 aromatic rings. The fourth-order valence-electron chi connectivity index (χ4n) is 2.72. The summed E-state index contributed by atoms with van der Waals surface area (Å²) in [6.07, 6.45) is 6.96. The lowest BCUT2D eigenvalue weighted by Crippen LogP contribution is -2.39. The number of pyridine rings is 2. The van der Waals surface area contributed by atoms with E-state index in [9.17, 15) is 0 Å². The summed E-state index contributed by atoms with van der Waals surface area (Å²) in [7, 11) is 0. The third-order valence-electron chi connectivity index (χ3n) is 3.95. The Morgan fingerprint density at radius 2 is 1.84 bits per heavy atom. The van der Waals surface area contributed by atoms with Crippen molar-refractivity contribution in [1.29, 1.82) is 0 Å². The monoisotopic (exact) mass is 334 g/mol. The fourth-order valence-corrected chi connectivity index (χ4v) is 2.72. The van der Waals surface area contributed by atoms with Crippen molar-refractivity contribution in [1.82, 2.24) is 19.9 Å². The van der Waals surface area contributed by atoms with Gasteiger partial charge < -0.3 is 15.0 Å². The minimum Gasteiger partial charge on any atom is -0.368 e. The number of ether oxygens (including phenoxy) is 1. The van der Waals surface area contributed by atoms with Gasteiger partial charge in [-0.2, -0.15) is 0 Å². The second-order valence-corrected chi connectivity index (χ2v) is 5.67. The molecule has 7 nitrogen and oxygen atoms in total. The van der Waals surface area contributed by atoms with Crippen LogP contribution in [0.5, 0.6) is 0 Å². The Morgan fingerprint density at radius 1 is 0.960 bits per heavy atom. The van der Waals surface area contributed by atoms with Crippen LogP contribution < -0.4 is 10.2 Å². The number of hydrogen-bond acceptors (Lipinski definition) is 7. The van der Waals surface area contributed by atoms with E-state index >= 15 is 0 Å². The van der Waals surface area contributed by atoms with E-state index in [1.165, 1.54) is 0 Å². The van der Waals surface area contributed by atoms with Gasteiger partial charge in [0, 0.05) is 25.1 Å². The largest absolute Gasteiger partial charge is 0.368 e. The molecule has 1 atom stereocenters. The van der Waals surface area contributed by atoms with Crippen LogP contribution in [0.1, 0.15) is 11.8 Å². The summed E-state index contributed by atoms with van der Waals surface area (Å²) < 4.78 is 5.88. The van der Waals surface area contributed by atoms with Gasteiger partial charge in [0.15, 0.2) is 0 Å². The Morgan fingerprint density at radius 3 is 2.60 bits per heavy atom. The number of nitrogens with one attached hydrogen (secondary N) is 1. The van der Waals surface area contributed by atoms with Gasteiger partial charge in [-0.3, -0.25) is 4.98 Å². The fraction of sp³-hybridized carbons (Fsp3) is 0.222. The maximum Gasteiger partial charge on any atom is 0.225 e. The van der Waals surface area contributed by atoms with Crippen LogP contribution >= 0.6 is 0 Å². The zero-order chi connectivity index (χ0) is 16.9. The third-order valence-corrected chi connectivity index (χ3v) is 3.95. The Bertz CT molecular complexity index is 797. The quantitative estimate of drug-likeness (QED) is 0.786. The van der Waals surface area contributed by atoms with Crippen LogP contribution in [0.4, 0.5) is 17.5 Å². The average molecular weight is 334 g/mol. The minimum absolute atomic E-state index is 0.0959. The van der Waals surface area contributed by atoms with Crippen molar-refractivity contribution in [2.24, 2.45) is 0 Å². The number of aromatic nitrogens is 4. The third kappa shape index (κ3) is 3.72. The van der Waals surface area contributed by atoms with Gasteiger partial charge in [-0.25, -0.2) is 15.0 Å². The van der Waals surface area contributed by atoms with Crippen LogP contribution in [-0.2, 0) is 4.74 Å². The molecular formula is C18H18N6O. The highest BCUT2D eigenvalue weighted by Gasteiger charge is 2.24. The van der Waals surface area contributed by atoms with Crippen molar-refractivity contribution >= 4 is 17.5 Å². The van der Waals surface area contributed by atoms with Crippen molar-refractivity contribution in [3.8, 4) is 0 Å². The van der Waals surface area contributed by atoms with Crippen molar-refractivity contribution in [2.45, 2.75) is 6.10 Å². The molecule has 0 spiro atoms. The van der Waals surface area contributed by atoms with Gasteiger partial charge in [0.25, 0.3) is 0 Å². The molecule has 4 heterocycles. The molecule has 1 aliphatic rings. The van der Waals surface area contributed by atoms with E-state index in [-0.39, 0.29) is 6.10 Å². The van der Waals surface area contributed by atoms with Crippen molar-refractivity contribution < 1.29 is 4.74 Å². The molecule has 0 radical (unpaired) electrons. The number of nitrogens with zero attached hydrogens (tertiary/aromatic N) is 5. The molecule has 0 bridgehead atoms. The van der Waals surface area contributed by atoms with Crippen LogP contribution in [0, 0.1) is 0 Å². The predicted molar refractivity (Wildman–Crippen MR) is 94.7 cm³/mol. The Kier molecular flexibility index (Phi) is 4.47. The summed E-state index contributed by atoms with van der Waals surface area (Å²) in [6, 6.07) is 11.5. The predicted octanol–water partition coefficient (Wildman–Crippen LogP) is 2.59. The second-order valence-electron chi connectivity index (χ2n) is 5.67. The minimum atomic E-state index is -0.0959. The molecule has 1 saturated heterocycles. The number of hydrogen-bond donors (Lipinski definition) is 1. The van der Waals surface area contributed by atoms with Crippen LogP contribution in [0.15, 0.2) is 61.2 Å². The summed E-state index contributed by atoms with van der Waals surface area (Å²) in [5, 5.41) is 3.22. The van der Waals surface area contributed by atoms with Crippen molar-refractivity contribution in [3.05, 3.63) is 66.9 Å². The highest BCUT2D eigenvalue weighted by atomic mass is 16.5. The molecule has 25 heavy (non-hydrogen) atoms. The highest BCUT2D eigenvalue weighted by molar-refractivity contribution is 5.54. The van der Waals surface area contributed by atoms with Gasteiger partial charge in [-0.1, -0.05) is 6.07 Å². The van der Waals surface area contributed by atoms with Gasteiger partial charge in [0.1, 0.15) is 11.9 Å². The Hall–Kier alpha value is -3.06. The smallest absolute Gasteiger partial charge is 0.225 e. The molecule has 4 rings (SSSR count). The van der Waals surface area contributed by atoms with Crippen molar-refractivity contribution in [2.75, 3.05) is 29.9 Å². The molecule has 7 heteroatoms. The highest BCUT2D eigenvalue weighted by Crippen LogP contribution is 2.24. The van der Waals surface area contributed by atoms with Gasteiger partial charge in [-0.05, 0) is 30.3 Å². The lowest BCUT2D eigenvalue weighted by molar-refractivity contribution is 0.0365. The molecule has 1 N–H and O–H groups in total. The summed E-state index contributed by atoms with van der Waals surface area (Å²) >= 11 is 0. The SMILES string of the molecule is c1ccc(Nc2ccc([C@@H]3CN(c4ncccn4)CCO3)nc2)nc1. The summed E-state index contributed by atoms with van der Waals surface area (Å²) in [5.74, 6) is 1.52. The van der Waals surface area contributed by atoms with Crippen LogP contribution in [0.2, 0.25) is 0 Å². The van der Waals surface area contributed by atoms with Gasteiger partial charge in [-0.15, -0.1) is 0 Å². The number of morpholine rings is 1. The maximum atomic E-state index is 5.88. The van der Waals surface area contributed by atoms with E-state index in [4.69, 9.17) is 4.74 Å². The Labute approximate surface area is 145 Å². The molecule has 0 aromatic carbocycles. The maximum absolute atomic E-state index is 5.88. The van der Waals surface area contributed by atoms with Gasteiger partial charge in [0.05, 0.1) is 30.7 Å². The van der Waals surface area contributed by atoms with Gasteiger partial charge >= 0.3 is 0 Å². The molecule has 0 unspecified atom stereocenters. The number of rotatable bonds is 4. The molecule has 1 aliphatic heterocycles. The first kappa shape index (κ1) is 15.5. The van der Waals surface area contributed by atoms with Crippen molar-refractivity contribution in [3.63, 3.8) is 0 Å². The zero-order valence-corrected chi connectivity index (χ0v) is 13.6. The first-order chi connectivity index (χ1) is 12.4. The molecule has 1 fully saturated rings. The Balaban J connectivity index is 1.44. The molecular weight excluding hydrogens is 316 g/mol. The van der Waals surface area contributed by atoms with Crippen LogP contribution in [-0.4, -0.2) is 39.6 Å². The topological polar surface area (TPSA) is 76.1 Å². The summed E-state index contributed by atoms with van der Waals surface area (Å²) in [4.78, 5) is 19.5. The lowest BCUT2D eigenvalue weighted by atomic mass is 10.2. The molecule has 126 valence electrons. The summed E-state index contributed by atoms with van der Waals surface area (Å²) in [5.41, 5.74) is 1.79. The van der Waals surface area contributed by atoms with E-state index < -0.39 is 0 Å². The van der Waals surface area contributed by atoms with E-state index in [0.717, 1.165) is 29.7 Å². The number of anilines is 3. The summed E-state index contributed by atoms with van der Waals surface area (Å²) in [6.45, 7) is 2.09. The average Bonchev–Trinajstić information content (AvgIpc) is 2.70. The molecule has 0 amide bonds. The van der Waals surface area contributed by atoms with E-state index in [1.54, 1.807) is 24.8 Å². The lowest BCUT2D eigenvalue weighted by Gasteiger charge is -2.32. The zero-order valence-electron chi connectivity index (χ0n) is 13.6. The standard InChI is InChI=1S/C18H18N6O/c1-2-7-19-17(4-1)23-14-5-6-15(22-12-14)16-13-24(10-11-25-16)18-20-8-3-9-21-18/h1-9,12,16H,10-11,13H2,(H,19,23)/t16-/m0/s1. The second kappa shape index (κ2) is 7.23. The molecule has 0 saturated carbocycles. The first-order valence-corrected chi connectivity index (χ1v) is 8.16. The molecule has 0 aliphatic carbocycles. The van der Waals surface area contributed by atoms with E-state index in [1.807, 2.05) is 36.4 Å². The van der Waals surface area contributed by atoms with E-state index in [0.29, 0.717) is 13.2 Å².